The van der Waals surface area contributed by atoms with Gasteiger partial charge in [-0.3, -0.25) is 9.79 Å². The number of amidine groups is 1. The lowest BCUT2D eigenvalue weighted by atomic mass is 9.96. The van der Waals surface area contributed by atoms with Gasteiger partial charge in [-0.05, 0) is 32.3 Å². The summed E-state index contributed by atoms with van der Waals surface area (Å²) < 4.78 is 0. The van der Waals surface area contributed by atoms with Gasteiger partial charge >= 0.3 is 0 Å². The molecule has 2 aliphatic rings. The molecule has 142 valence electrons. The molecule has 1 heterocycles. The molecule has 1 unspecified atom stereocenters. The molecule has 1 saturated carbocycles. The number of thioether (sulfide) groups is 1. The first-order valence-corrected chi connectivity index (χ1v) is 10.9. The van der Waals surface area contributed by atoms with Crippen LogP contribution in [0.25, 0.3) is 0 Å². The molecule has 1 amide bonds. The first kappa shape index (κ1) is 19.3. The summed E-state index contributed by atoms with van der Waals surface area (Å²) in [5, 5.41) is 1.14. The van der Waals surface area contributed by atoms with Crippen molar-refractivity contribution in [1.82, 2.24) is 9.80 Å². The van der Waals surface area contributed by atoms with E-state index in [4.69, 9.17) is 4.99 Å². The molecule has 4 nitrogen and oxygen atoms in total. The number of hydrogen-bond donors (Lipinski definition) is 0. The highest BCUT2D eigenvalue weighted by molar-refractivity contribution is 8.14. The Morgan fingerprint density at radius 3 is 2.54 bits per heavy atom. The third-order valence-electron chi connectivity index (χ3n) is 5.41. The van der Waals surface area contributed by atoms with Gasteiger partial charge in [0, 0.05) is 25.8 Å². The second-order valence-electron chi connectivity index (χ2n) is 7.41. The third-order valence-corrected chi connectivity index (χ3v) is 6.48. The first-order valence-electron chi connectivity index (χ1n) is 9.88. The van der Waals surface area contributed by atoms with Crippen LogP contribution in [0.1, 0.15) is 57.1 Å². The summed E-state index contributed by atoms with van der Waals surface area (Å²) in [5.74, 6) is 1.04. The van der Waals surface area contributed by atoms with E-state index in [1.165, 1.54) is 43.2 Å². The van der Waals surface area contributed by atoms with Gasteiger partial charge in [0.25, 0.3) is 0 Å². The maximum Gasteiger partial charge on any atom is 0.221 e. The predicted molar refractivity (Wildman–Crippen MR) is 110 cm³/mol. The summed E-state index contributed by atoms with van der Waals surface area (Å²) in [6.07, 6.45) is 6.48. The molecule has 26 heavy (non-hydrogen) atoms. The van der Waals surface area contributed by atoms with Gasteiger partial charge in [0.2, 0.25) is 5.91 Å². The van der Waals surface area contributed by atoms with Crippen LogP contribution in [0.2, 0.25) is 0 Å². The standard InChI is InChI=1S/C21H31N3OS/c1-4-23-20(15-26-21(23)22-19-8-6-5-7-9-19)24(17(3)25)14-18-12-10-16(2)11-13-18/h10-13,19-20H,4-9,14-15H2,1-3H3. The number of hydrogen-bond acceptors (Lipinski definition) is 3. The molecule has 1 aromatic rings. The number of carbonyl (C=O) groups excluding carboxylic acids is 1. The minimum atomic E-state index is 0.103. The average Bonchev–Trinajstić information content (AvgIpc) is 3.04. The molecule has 3 rings (SSSR count). The van der Waals surface area contributed by atoms with Crippen LogP contribution in [-0.2, 0) is 11.3 Å². The molecule has 2 fully saturated rings. The topological polar surface area (TPSA) is 35.9 Å². The van der Waals surface area contributed by atoms with Crippen molar-refractivity contribution in [1.29, 1.82) is 0 Å². The maximum atomic E-state index is 12.4. The van der Waals surface area contributed by atoms with Gasteiger partial charge < -0.3 is 9.80 Å². The van der Waals surface area contributed by atoms with Gasteiger partial charge in [-0.25, -0.2) is 0 Å². The summed E-state index contributed by atoms with van der Waals surface area (Å²) in [5.41, 5.74) is 2.43. The number of aryl methyl sites for hydroxylation is 1. The van der Waals surface area contributed by atoms with Crippen LogP contribution in [0.4, 0.5) is 0 Å². The van der Waals surface area contributed by atoms with Gasteiger partial charge in [0.1, 0.15) is 6.17 Å². The van der Waals surface area contributed by atoms with Crippen LogP contribution in [0, 0.1) is 6.92 Å². The molecule has 0 N–H and O–H groups in total. The molecule has 1 aromatic carbocycles. The molecule has 0 radical (unpaired) electrons. The summed E-state index contributed by atoms with van der Waals surface area (Å²) in [7, 11) is 0. The number of amides is 1. The Morgan fingerprint density at radius 1 is 1.23 bits per heavy atom. The van der Waals surface area contributed by atoms with Gasteiger partial charge in [-0.2, -0.15) is 0 Å². The van der Waals surface area contributed by atoms with Gasteiger partial charge in [0.05, 0.1) is 6.04 Å². The van der Waals surface area contributed by atoms with E-state index in [1.807, 2.05) is 16.7 Å². The highest BCUT2D eigenvalue weighted by atomic mass is 32.2. The van der Waals surface area contributed by atoms with Crippen LogP contribution in [-0.4, -0.2) is 45.4 Å². The fourth-order valence-electron chi connectivity index (χ4n) is 3.85. The van der Waals surface area contributed by atoms with E-state index in [-0.39, 0.29) is 12.1 Å². The van der Waals surface area contributed by atoms with Crippen LogP contribution >= 0.6 is 11.8 Å². The van der Waals surface area contributed by atoms with Gasteiger partial charge in [0.15, 0.2) is 5.17 Å². The zero-order chi connectivity index (χ0) is 18.5. The van der Waals surface area contributed by atoms with Crippen LogP contribution in [0.15, 0.2) is 29.3 Å². The second-order valence-corrected chi connectivity index (χ2v) is 8.40. The van der Waals surface area contributed by atoms with E-state index in [9.17, 15) is 4.79 Å². The van der Waals surface area contributed by atoms with Crippen molar-refractivity contribution in [3.8, 4) is 0 Å². The van der Waals surface area contributed by atoms with Gasteiger partial charge in [-0.1, -0.05) is 60.9 Å². The van der Waals surface area contributed by atoms with Crippen molar-refractivity contribution in [2.24, 2.45) is 4.99 Å². The van der Waals surface area contributed by atoms with Crippen LogP contribution < -0.4 is 0 Å². The highest BCUT2D eigenvalue weighted by Gasteiger charge is 2.35. The van der Waals surface area contributed by atoms with Crippen molar-refractivity contribution in [3.05, 3.63) is 35.4 Å². The Labute approximate surface area is 162 Å². The fraction of sp³-hybridized carbons (Fsp3) is 0.619. The number of aliphatic imine (C=N–C) groups is 1. The third kappa shape index (κ3) is 4.61. The Morgan fingerprint density at radius 2 is 1.92 bits per heavy atom. The zero-order valence-corrected chi connectivity index (χ0v) is 17.1. The first-order chi connectivity index (χ1) is 12.6. The molecule has 5 heteroatoms. The normalized spacial score (nSPS) is 22.8. The molecule has 1 saturated heterocycles. The van der Waals surface area contributed by atoms with E-state index in [0.717, 1.165) is 17.5 Å². The fourth-order valence-corrected chi connectivity index (χ4v) is 5.15. The smallest absolute Gasteiger partial charge is 0.221 e. The quantitative estimate of drug-likeness (QED) is 0.766. The summed E-state index contributed by atoms with van der Waals surface area (Å²) in [4.78, 5) is 21.8. The molecule has 0 aromatic heterocycles. The predicted octanol–water partition coefficient (Wildman–Crippen LogP) is 4.43. The Hall–Kier alpha value is -1.49. The van der Waals surface area contributed by atoms with E-state index in [1.54, 1.807) is 6.92 Å². The SMILES string of the molecule is CCN1C(=NC2CCCCC2)SCC1N(Cc1ccc(C)cc1)C(C)=O. The molecular weight excluding hydrogens is 342 g/mol. The van der Waals surface area contributed by atoms with Crippen molar-refractivity contribution in [3.63, 3.8) is 0 Å². The molecular formula is C21H31N3OS. The number of nitrogens with zero attached hydrogens (tertiary/aromatic N) is 3. The Bertz CT molecular complexity index is 637. The van der Waals surface area contributed by atoms with E-state index in [2.05, 4.69) is 43.0 Å². The maximum absolute atomic E-state index is 12.4. The minimum Gasteiger partial charge on any atom is -0.330 e. The van der Waals surface area contributed by atoms with E-state index >= 15 is 0 Å². The van der Waals surface area contributed by atoms with Gasteiger partial charge in [-0.15, -0.1) is 0 Å². The summed E-state index contributed by atoms with van der Waals surface area (Å²) in [6, 6.07) is 8.96. The van der Waals surface area contributed by atoms with Crippen molar-refractivity contribution >= 4 is 22.8 Å². The average molecular weight is 374 g/mol. The van der Waals surface area contributed by atoms with Crippen molar-refractivity contribution < 1.29 is 4.79 Å². The molecule has 0 spiro atoms. The lowest BCUT2D eigenvalue weighted by Gasteiger charge is -2.35. The van der Waals surface area contributed by atoms with Crippen molar-refractivity contribution in [2.45, 2.75) is 71.6 Å². The second kappa shape index (κ2) is 8.94. The molecule has 1 atom stereocenters. The number of carbonyl (C=O) groups is 1. The number of rotatable bonds is 5. The molecule has 1 aliphatic heterocycles. The van der Waals surface area contributed by atoms with Crippen LogP contribution in [0.5, 0.6) is 0 Å². The molecule has 0 bridgehead atoms. The zero-order valence-electron chi connectivity index (χ0n) is 16.3. The lowest BCUT2D eigenvalue weighted by Crippen LogP contribution is -2.49. The molecule has 1 aliphatic carbocycles. The monoisotopic (exact) mass is 373 g/mol. The summed E-state index contributed by atoms with van der Waals surface area (Å²) in [6.45, 7) is 7.49. The highest BCUT2D eigenvalue weighted by Crippen LogP contribution is 2.30. The lowest BCUT2D eigenvalue weighted by molar-refractivity contribution is -0.133. The largest absolute Gasteiger partial charge is 0.330 e. The summed E-state index contributed by atoms with van der Waals surface area (Å²) >= 11 is 1.82. The number of benzene rings is 1. The Kier molecular flexibility index (Phi) is 6.63. The van der Waals surface area contributed by atoms with E-state index < -0.39 is 0 Å². The van der Waals surface area contributed by atoms with E-state index in [0.29, 0.717) is 12.6 Å². The Balaban J connectivity index is 1.75. The minimum absolute atomic E-state index is 0.103. The van der Waals surface area contributed by atoms with Crippen molar-refractivity contribution in [2.75, 3.05) is 12.3 Å². The van der Waals surface area contributed by atoms with Crippen LogP contribution in [0.3, 0.4) is 0 Å².